The summed E-state index contributed by atoms with van der Waals surface area (Å²) in [5, 5.41) is 6.20. The quantitative estimate of drug-likeness (QED) is 0.300. The highest BCUT2D eigenvalue weighted by molar-refractivity contribution is 5.84. The molecule has 1 saturated carbocycles. The Hall–Kier alpha value is -1.79. The number of aliphatic imine (C=N–C) groups is 1. The number of rotatable bonds is 8. The van der Waals surface area contributed by atoms with E-state index in [4.69, 9.17) is 4.74 Å². The van der Waals surface area contributed by atoms with Gasteiger partial charge in [0.2, 0.25) is 5.91 Å². The Balaban J connectivity index is 2.22. The van der Waals surface area contributed by atoms with Gasteiger partial charge in [-0.2, -0.15) is 0 Å². The van der Waals surface area contributed by atoms with Crippen LogP contribution in [0, 0.1) is 0 Å². The lowest BCUT2D eigenvalue weighted by Gasteiger charge is -2.13. The first kappa shape index (κ1) is 19.3. The fraction of sp³-hybridized carbons (Fsp3) is 0.812. The first-order chi connectivity index (χ1) is 11.0. The first-order valence-corrected chi connectivity index (χ1v) is 8.44. The van der Waals surface area contributed by atoms with Crippen molar-refractivity contribution in [3.05, 3.63) is 0 Å². The van der Waals surface area contributed by atoms with E-state index in [0.717, 1.165) is 25.7 Å². The molecule has 1 aliphatic carbocycles. The Kier molecular flexibility index (Phi) is 9.09. The van der Waals surface area contributed by atoms with Crippen LogP contribution in [0.1, 0.15) is 45.4 Å². The third-order valence-corrected chi connectivity index (χ3v) is 3.67. The fourth-order valence-corrected chi connectivity index (χ4v) is 2.32. The summed E-state index contributed by atoms with van der Waals surface area (Å²) < 4.78 is 5.41. The van der Waals surface area contributed by atoms with E-state index in [2.05, 4.69) is 15.6 Å². The normalized spacial score (nSPS) is 15.3. The second kappa shape index (κ2) is 10.9. The number of hydrogen-bond donors (Lipinski definition) is 2. The number of carbonyl (C=O) groups is 2. The molecule has 1 rings (SSSR count). The number of hydrogen-bond acceptors (Lipinski definition) is 4. The summed E-state index contributed by atoms with van der Waals surface area (Å²) >= 11 is 0. The van der Waals surface area contributed by atoms with Crippen molar-refractivity contribution in [2.24, 2.45) is 4.99 Å². The van der Waals surface area contributed by atoms with Crippen molar-refractivity contribution in [3.8, 4) is 0 Å². The molecule has 0 aliphatic heterocycles. The molecule has 0 unspecified atom stereocenters. The fourth-order valence-electron chi connectivity index (χ4n) is 2.32. The monoisotopic (exact) mass is 326 g/mol. The van der Waals surface area contributed by atoms with E-state index >= 15 is 0 Å². The van der Waals surface area contributed by atoms with Crippen LogP contribution in [0.15, 0.2) is 4.99 Å². The van der Waals surface area contributed by atoms with Crippen LogP contribution in [0.5, 0.6) is 0 Å². The molecule has 2 N–H and O–H groups in total. The standard InChI is InChI=1S/C16H30N4O3/c1-4-17-16(19-12-14(21)20(2)3)18-11-7-10-15(22)23-13-8-5-6-9-13/h13H,4-12H2,1-3H3,(H2,17,18,19). The zero-order valence-corrected chi connectivity index (χ0v) is 14.6. The van der Waals surface area contributed by atoms with Crippen LogP contribution in [0.3, 0.4) is 0 Å². The second-order valence-corrected chi connectivity index (χ2v) is 5.91. The van der Waals surface area contributed by atoms with Gasteiger partial charge in [0.15, 0.2) is 5.96 Å². The van der Waals surface area contributed by atoms with Crippen LogP contribution < -0.4 is 10.6 Å². The van der Waals surface area contributed by atoms with Crippen LogP contribution in [-0.4, -0.2) is 62.6 Å². The molecule has 0 heterocycles. The van der Waals surface area contributed by atoms with E-state index in [9.17, 15) is 9.59 Å². The highest BCUT2D eigenvalue weighted by Gasteiger charge is 2.18. The van der Waals surface area contributed by atoms with Crippen molar-refractivity contribution in [2.75, 3.05) is 33.7 Å². The average molecular weight is 326 g/mol. The van der Waals surface area contributed by atoms with Gasteiger partial charge in [0, 0.05) is 33.6 Å². The smallest absolute Gasteiger partial charge is 0.306 e. The number of nitrogens with zero attached hydrogens (tertiary/aromatic N) is 2. The largest absolute Gasteiger partial charge is 0.462 e. The lowest BCUT2D eigenvalue weighted by molar-refractivity contribution is -0.148. The maximum absolute atomic E-state index is 11.7. The van der Waals surface area contributed by atoms with Crippen LogP contribution in [0.2, 0.25) is 0 Å². The molecule has 1 fully saturated rings. The van der Waals surface area contributed by atoms with Crippen molar-refractivity contribution in [2.45, 2.75) is 51.6 Å². The molecule has 0 aromatic rings. The molecule has 1 aliphatic rings. The summed E-state index contributed by atoms with van der Waals surface area (Å²) in [6.45, 7) is 3.39. The molecule has 0 spiro atoms. The van der Waals surface area contributed by atoms with Gasteiger partial charge in [0.05, 0.1) is 0 Å². The zero-order valence-electron chi connectivity index (χ0n) is 14.6. The predicted molar refractivity (Wildman–Crippen MR) is 90.3 cm³/mol. The average Bonchev–Trinajstić information content (AvgIpc) is 3.01. The Bertz CT molecular complexity index is 404. The van der Waals surface area contributed by atoms with E-state index < -0.39 is 0 Å². The van der Waals surface area contributed by atoms with E-state index in [-0.39, 0.29) is 24.5 Å². The number of ether oxygens (including phenoxy) is 1. The van der Waals surface area contributed by atoms with Gasteiger partial charge in [-0.15, -0.1) is 0 Å². The lowest BCUT2D eigenvalue weighted by Crippen LogP contribution is -2.39. The molecule has 1 amide bonds. The van der Waals surface area contributed by atoms with Crippen molar-refractivity contribution in [1.82, 2.24) is 15.5 Å². The van der Waals surface area contributed by atoms with Gasteiger partial charge in [0.25, 0.3) is 0 Å². The number of nitrogens with one attached hydrogen (secondary N) is 2. The Morgan fingerprint density at radius 1 is 1.22 bits per heavy atom. The van der Waals surface area contributed by atoms with Gasteiger partial charge >= 0.3 is 5.97 Å². The molecule has 132 valence electrons. The minimum atomic E-state index is -0.122. The van der Waals surface area contributed by atoms with Gasteiger partial charge in [-0.3, -0.25) is 9.59 Å². The molecule has 23 heavy (non-hydrogen) atoms. The van der Waals surface area contributed by atoms with Crippen molar-refractivity contribution in [3.63, 3.8) is 0 Å². The molecule has 7 nitrogen and oxygen atoms in total. The SMILES string of the molecule is CCNC(=NCC(=O)N(C)C)NCCCC(=O)OC1CCCC1. The van der Waals surface area contributed by atoms with Gasteiger partial charge in [0.1, 0.15) is 12.6 Å². The predicted octanol–water partition coefficient (Wildman–Crippen LogP) is 0.896. The van der Waals surface area contributed by atoms with E-state index in [1.54, 1.807) is 14.1 Å². The summed E-state index contributed by atoms with van der Waals surface area (Å²) in [6, 6.07) is 0. The van der Waals surface area contributed by atoms with Crippen molar-refractivity contribution >= 4 is 17.8 Å². The maximum atomic E-state index is 11.7. The third kappa shape index (κ3) is 8.42. The van der Waals surface area contributed by atoms with Gasteiger partial charge in [-0.1, -0.05) is 0 Å². The van der Waals surface area contributed by atoms with Crippen molar-refractivity contribution < 1.29 is 14.3 Å². The van der Waals surface area contributed by atoms with E-state index in [0.29, 0.717) is 31.9 Å². The Morgan fingerprint density at radius 2 is 1.91 bits per heavy atom. The minimum Gasteiger partial charge on any atom is -0.462 e. The van der Waals surface area contributed by atoms with Gasteiger partial charge in [-0.25, -0.2) is 4.99 Å². The van der Waals surface area contributed by atoms with Gasteiger partial charge in [-0.05, 0) is 39.0 Å². The van der Waals surface area contributed by atoms with Gasteiger partial charge < -0.3 is 20.3 Å². The summed E-state index contributed by atoms with van der Waals surface area (Å²) in [5.74, 6) is 0.414. The highest BCUT2D eigenvalue weighted by Crippen LogP contribution is 2.21. The van der Waals surface area contributed by atoms with E-state index in [1.165, 1.54) is 4.90 Å². The minimum absolute atomic E-state index is 0.0534. The molecule has 7 heteroatoms. The molecule has 0 saturated heterocycles. The second-order valence-electron chi connectivity index (χ2n) is 5.91. The number of carbonyl (C=O) groups excluding carboxylic acids is 2. The number of amides is 1. The number of guanidine groups is 1. The molecule has 0 atom stereocenters. The molecular formula is C16H30N4O3. The molecule has 0 bridgehead atoms. The summed E-state index contributed by atoms with van der Waals surface area (Å²) in [7, 11) is 3.41. The highest BCUT2D eigenvalue weighted by atomic mass is 16.5. The molecule has 0 aromatic carbocycles. The molecular weight excluding hydrogens is 296 g/mol. The zero-order chi connectivity index (χ0) is 17.1. The third-order valence-electron chi connectivity index (χ3n) is 3.67. The van der Waals surface area contributed by atoms with Crippen LogP contribution in [-0.2, 0) is 14.3 Å². The maximum Gasteiger partial charge on any atom is 0.306 e. The van der Waals surface area contributed by atoms with Crippen LogP contribution in [0.25, 0.3) is 0 Å². The first-order valence-electron chi connectivity index (χ1n) is 8.44. The number of likely N-dealkylation sites (N-methyl/N-ethyl adjacent to an activating group) is 1. The summed E-state index contributed by atoms with van der Waals surface area (Å²) in [6.07, 6.45) is 5.53. The molecule has 0 aromatic heterocycles. The Labute approximate surface area is 138 Å². The van der Waals surface area contributed by atoms with Crippen molar-refractivity contribution in [1.29, 1.82) is 0 Å². The lowest BCUT2D eigenvalue weighted by atomic mass is 10.3. The Morgan fingerprint density at radius 3 is 2.52 bits per heavy atom. The van der Waals surface area contributed by atoms with E-state index in [1.807, 2.05) is 6.92 Å². The topological polar surface area (TPSA) is 83.0 Å². The summed E-state index contributed by atoms with van der Waals surface area (Å²) in [5.41, 5.74) is 0. The summed E-state index contributed by atoms with van der Waals surface area (Å²) in [4.78, 5) is 29.0. The van der Waals surface area contributed by atoms with Crippen LogP contribution >= 0.6 is 0 Å². The van der Waals surface area contributed by atoms with Crippen LogP contribution in [0.4, 0.5) is 0 Å². The molecule has 0 radical (unpaired) electrons. The number of esters is 1.